The minimum absolute atomic E-state index is 0.0600. The lowest BCUT2D eigenvalue weighted by Crippen LogP contribution is -2.35. The molecule has 1 aliphatic heterocycles. The second-order valence-corrected chi connectivity index (χ2v) is 3.17. The molecule has 0 spiro atoms. The van der Waals surface area contributed by atoms with Crippen LogP contribution in [0.2, 0.25) is 0 Å². The highest BCUT2D eigenvalue weighted by molar-refractivity contribution is 5.73. The summed E-state index contributed by atoms with van der Waals surface area (Å²) in [6.07, 6.45) is 3.65. The number of carboxylic acid groups (broad SMARTS) is 1. The van der Waals surface area contributed by atoms with Crippen LogP contribution in [0, 0.1) is 0 Å². The topological polar surface area (TPSA) is 72.5 Å². The van der Waals surface area contributed by atoms with Crippen molar-refractivity contribution in [2.24, 2.45) is 5.73 Å². The number of hydrogen-bond acceptors (Lipinski definition) is 3. The first-order chi connectivity index (χ1) is 5.70. The van der Waals surface area contributed by atoms with Crippen LogP contribution >= 0.6 is 0 Å². The number of carboxylic acids is 1. The van der Waals surface area contributed by atoms with Crippen LogP contribution in [0.25, 0.3) is 0 Å². The van der Waals surface area contributed by atoms with Gasteiger partial charge in [0.15, 0.2) is 0 Å². The summed E-state index contributed by atoms with van der Waals surface area (Å²) in [4.78, 5) is 10.4. The van der Waals surface area contributed by atoms with Crippen LogP contribution < -0.4 is 5.73 Å². The fourth-order valence-electron chi connectivity index (χ4n) is 1.38. The summed E-state index contributed by atoms with van der Waals surface area (Å²) in [5, 5.41) is 8.53. The fourth-order valence-corrected chi connectivity index (χ4v) is 1.38. The number of rotatable bonds is 3. The Balaban J connectivity index is 2.24. The Morgan fingerprint density at radius 1 is 1.67 bits per heavy atom. The molecule has 0 aliphatic carbocycles. The van der Waals surface area contributed by atoms with E-state index in [2.05, 4.69) is 0 Å². The molecule has 0 amide bonds. The summed E-state index contributed by atoms with van der Waals surface area (Å²) in [5.74, 6) is -0.941. The Morgan fingerprint density at radius 3 is 2.92 bits per heavy atom. The Kier molecular flexibility index (Phi) is 3.49. The Labute approximate surface area is 71.7 Å². The van der Waals surface area contributed by atoms with Gasteiger partial charge in [0.25, 0.3) is 0 Å². The van der Waals surface area contributed by atoms with Gasteiger partial charge < -0.3 is 15.6 Å². The molecule has 12 heavy (non-hydrogen) atoms. The summed E-state index contributed by atoms with van der Waals surface area (Å²) in [6, 6.07) is -0.770. The number of ether oxygens (including phenoxy) is 1. The number of aliphatic carboxylic acids is 1. The zero-order chi connectivity index (χ0) is 8.97. The number of nitrogens with two attached hydrogens (primary N) is 1. The van der Waals surface area contributed by atoms with Crippen LogP contribution in [0.15, 0.2) is 0 Å². The predicted octanol–water partition coefficient (Wildman–Crippen LogP) is 0.357. The van der Waals surface area contributed by atoms with Crippen LogP contribution in [0.4, 0.5) is 0 Å². The lowest BCUT2D eigenvalue weighted by atomic mass is 10.0. The van der Waals surface area contributed by atoms with Gasteiger partial charge in [-0.2, -0.15) is 0 Å². The van der Waals surface area contributed by atoms with Gasteiger partial charge in [-0.3, -0.25) is 4.79 Å². The maximum Gasteiger partial charge on any atom is 0.320 e. The molecule has 4 nitrogen and oxygen atoms in total. The molecule has 1 rings (SSSR count). The largest absolute Gasteiger partial charge is 0.480 e. The van der Waals surface area contributed by atoms with Gasteiger partial charge in [-0.05, 0) is 25.7 Å². The average molecular weight is 173 g/mol. The Bertz CT molecular complexity index is 154. The van der Waals surface area contributed by atoms with Crippen molar-refractivity contribution in [3.05, 3.63) is 0 Å². The number of hydrogen-bond donors (Lipinski definition) is 2. The number of carbonyl (C=O) groups is 1. The highest BCUT2D eigenvalue weighted by Gasteiger charge is 2.20. The molecule has 3 N–H and O–H groups in total. The van der Waals surface area contributed by atoms with Crippen molar-refractivity contribution in [2.45, 2.75) is 37.8 Å². The van der Waals surface area contributed by atoms with Gasteiger partial charge >= 0.3 is 5.97 Å². The lowest BCUT2D eigenvalue weighted by Gasteiger charge is -2.23. The fraction of sp³-hybridized carbons (Fsp3) is 0.875. The van der Waals surface area contributed by atoms with Crippen LogP contribution in [0.1, 0.15) is 25.7 Å². The van der Waals surface area contributed by atoms with Crippen molar-refractivity contribution in [1.29, 1.82) is 0 Å². The maximum absolute atomic E-state index is 10.4. The summed E-state index contributed by atoms with van der Waals surface area (Å²) >= 11 is 0. The molecule has 1 saturated heterocycles. The standard InChI is InChI=1S/C8H15NO3/c9-7(8(10)11)5-6-3-1-2-4-12-6/h6-7H,1-5,9H2,(H,10,11)/t6?,7-/m0/s1. The van der Waals surface area contributed by atoms with E-state index >= 15 is 0 Å². The van der Waals surface area contributed by atoms with Crippen LogP contribution in [-0.4, -0.2) is 29.8 Å². The molecule has 70 valence electrons. The third-order valence-electron chi connectivity index (χ3n) is 2.11. The third kappa shape index (κ3) is 2.79. The molecule has 0 aromatic rings. The second kappa shape index (κ2) is 4.42. The maximum atomic E-state index is 10.4. The molecule has 0 aromatic carbocycles. The van der Waals surface area contributed by atoms with Gasteiger partial charge in [-0.1, -0.05) is 0 Å². The SMILES string of the molecule is N[C@@H](CC1CCCCO1)C(=O)O. The minimum Gasteiger partial charge on any atom is -0.480 e. The third-order valence-corrected chi connectivity index (χ3v) is 2.11. The van der Waals surface area contributed by atoms with E-state index in [0.717, 1.165) is 25.9 Å². The van der Waals surface area contributed by atoms with Crippen LogP contribution in [0.3, 0.4) is 0 Å². The van der Waals surface area contributed by atoms with E-state index < -0.39 is 12.0 Å². The molecule has 4 heteroatoms. The molecule has 1 fully saturated rings. The molecule has 0 radical (unpaired) electrons. The molecular formula is C8H15NO3. The first-order valence-corrected chi connectivity index (χ1v) is 4.30. The summed E-state index contributed by atoms with van der Waals surface area (Å²) in [6.45, 7) is 0.747. The normalized spacial score (nSPS) is 26.6. The van der Waals surface area contributed by atoms with Crippen molar-refractivity contribution in [1.82, 2.24) is 0 Å². The lowest BCUT2D eigenvalue weighted by molar-refractivity contribution is -0.139. The molecule has 2 atom stereocenters. The van der Waals surface area contributed by atoms with Crippen LogP contribution in [0.5, 0.6) is 0 Å². The van der Waals surface area contributed by atoms with Gasteiger partial charge in [0.1, 0.15) is 6.04 Å². The first-order valence-electron chi connectivity index (χ1n) is 4.30. The van der Waals surface area contributed by atoms with E-state index in [1.54, 1.807) is 0 Å². The van der Waals surface area contributed by atoms with Gasteiger partial charge in [0.05, 0.1) is 6.10 Å². The second-order valence-electron chi connectivity index (χ2n) is 3.17. The molecule has 0 saturated carbocycles. The zero-order valence-corrected chi connectivity index (χ0v) is 7.03. The highest BCUT2D eigenvalue weighted by atomic mass is 16.5. The molecule has 0 bridgehead atoms. The van der Waals surface area contributed by atoms with Crippen LogP contribution in [-0.2, 0) is 9.53 Å². The van der Waals surface area contributed by atoms with Crippen molar-refractivity contribution in [3.63, 3.8) is 0 Å². The highest BCUT2D eigenvalue weighted by Crippen LogP contribution is 2.16. The van der Waals surface area contributed by atoms with E-state index in [1.165, 1.54) is 0 Å². The van der Waals surface area contributed by atoms with E-state index in [9.17, 15) is 4.79 Å². The van der Waals surface area contributed by atoms with E-state index in [1.807, 2.05) is 0 Å². The van der Waals surface area contributed by atoms with Gasteiger partial charge in [0.2, 0.25) is 0 Å². The Hall–Kier alpha value is -0.610. The van der Waals surface area contributed by atoms with E-state index in [4.69, 9.17) is 15.6 Å². The average Bonchev–Trinajstić information content (AvgIpc) is 2.06. The molecule has 1 heterocycles. The van der Waals surface area contributed by atoms with Gasteiger partial charge in [0, 0.05) is 6.61 Å². The zero-order valence-electron chi connectivity index (χ0n) is 7.03. The summed E-state index contributed by atoms with van der Waals surface area (Å²) in [5.41, 5.74) is 5.37. The minimum atomic E-state index is -0.941. The monoisotopic (exact) mass is 173 g/mol. The van der Waals surface area contributed by atoms with Crippen molar-refractivity contribution >= 4 is 5.97 Å². The summed E-state index contributed by atoms with van der Waals surface area (Å²) in [7, 11) is 0. The molecule has 0 aromatic heterocycles. The molecular weight excluding hydrogens is 158 g/mol. The molecule has 1 unspecified atom stereocenters. The summed E-state index contributed by atoms with van der Waals surface area (Å²) < 4.78 is 5.36. The van der Waals surface area contributed by atoms with Gasteiger partial charge in [-0.15, -0.1) is 0 Å². The van der Waals surface area contributed by atoms with Crippen molar-refractivity contribution in [3.8, 4) is 0 Å². The van der Waals surface area contributed by atoms with Gasteiger partial charge in [-0.25, -0.2) is 0 Å². The van der Waals surface area contributed by atoms with E-state index in [-0.39, 0.29) is 6.10 Å². The quantitative estimate of drug-likeness (QED) is 0.646. The van der Waals surface area contributed by atoms with Crippen molar-refractivity contribution < 1.29 is 14.6 Å². The Morgan fingerprint density at radius 2 is 2.42 bits per heavy atom. The van der Waals surface area contributed by atoms with E-state index in [0.29, 0.717) is 6.42 Å². The van der Waals surface area contributed by atoms with Crippen molar-refractivity contribution in [2.75, 3.05) is 6.61 Å². The smallest absolute Gasteiger partial charge is 0.320 e. The first kappa shape index (κ1) is 9.48. The molecule has 1 aliphatic rings. The predicted molar refractivity (Wildman–Crippen MR) is 43.8 cm³/mol.